The molecule has 0 fully saturated rings. The van der Waals surface area contributed by atoms with E-state index in [0.29, 0.717) is 28.0 Å². The van der Waals surface area contributed by atoms with Crippen LogP contribution in [-0.4, -0.2) is 26.5 Å². The van der Waals surface area contributed by atoms with Crippen molar-refractivity contribution < 1.29 is 8.85 Å². The lowest BCUT2D eigenvalue weighted by atomic mass is 10.1. The lowest BCUT2D eigenvalue weighted by molar-refractivity contribution is 0.417. The van der Waals surface area contributed by atoms with Crippen molar-refractivity contribution in [2.75, 3.05) is 7.11 Å². The van der Waals surface area contributed by atoms with Gasteiger partial charge < -0.3 is 4.74 Å². The molecular formula is C13H11N5O. The van der Waals surface area contributed by atoms with E-state index in [1.165, 1.54) is 30.2 Å². The van der Waals surface area contributed by atoms with Gasteiger partial charge >= 0.3 is 0 Å². The fourth-order valence-corrected chi connectivity index (χ4v) is 1.95. The zero-order valence-corrected chi connectivity index (χ0v) is 10.0. The molecule has 3 aromatic rings. The van der Waals surface area contributed by atoms with E-state index < -0.39 is 6.98 Å². The van der Waals surface area contributed by atoms with E-state index in [9.17, 15) is 0 Å². The summed E-state index contributed by atoms with van der Waals surface area (Å²) < 4.78 is 29.8. The summed E-state index contributed by atoms with van der Waals surface area (Å²) in [6.45, 7) is -2.33. The summed E-state index contributed by atoms with van der Waals surface area (Å²) in [6, 6.07) is 3.77. The molecular weight excluding hydrogens is 242 g/mol. The molecule has 0 atom stereocenters. The normalized spacial score (nSPS) is 13.6. The van der Waals surface area contributed by atoms with Crippen molar-refractivity contribution in [3.63, 3.8) is 0 Å². The number of aryl methyl sites for hydroxylation is 1. The predicted octanol–water partition coefficient (Wildman–Crippen LogP) is 1.62. The molecule has 94 valence electrons. The van der Waals surface area contributed by atoms with E-state index >= 15 is 0 Å². The Kier molecular flexibility index (Phi) is 1.81. The number of hydrogen-bond acceptors (Lipinski definition) is 4. The van der Waals surface area contributed by atoms with Gasteiger partial charge in [-0.05, 0) is 6.07 Å². The summed E-state index contributed by atoms with van der Waals surface area (Å²) in [5, 5.41) is 17.1. The topological polar surface area (TPSA) is 68.1 Å². The van der Waals surface area contributed by atoms with Crippen LogP contribution in [0, 0.1) is 11.3 Å². The molecule has 19 heavy (non-hydrogen) atoms. The average Bonchev–Trinajstić information content (AvgIpc) is 3.12. The number of ether oxygens (including phenoxy) is 1. The summed E-state index contributed by atoms with van der Waals surface area (Å²) in [6.07, 6.45) is 6.04. The van der Waals surface area contributed by atoms with Crippen molar-refractivity contribution in [2.24, 2.45) is 6.98 Å². The van der Waals surface area contributed by atoms with E-state index in [1.54, 1.807) is 12.3 Å². The van der Waals surface area contributed by atoms with Crippen molar-refractivity contribution in [3.8, 4) is 22.9 Å². The number of aromatic nitrogens is 4. The zero-order chi connectivity index (χ0) is 15.9. The number of methoxy groups -OCH3 is 1. The summed E-state index contributed by atoms with van der Waals surface area (Å²) in [5.41, 5.74) is 2.27. The van der Waals surface area contributed by atoms with Crippen molar-refractivity contribution in [3.05, 3.63) is 36.4 Å². The predicted molar refractivity (Wildman–Crippen MR) is 68.7 cm³/mol. The minimum Gasteiger partial charge on any atom is -0.494 e. The highest BCUT2D eigenvalue weighted by atomic mass is 16.5. The van der Waals surface area contributed by atoms with E-state index in [4.69, 9.17) is 14.1 Å². The van der Waals surface area contributed by atoms with Crippen LogP contribution < -0.4 is 4.74 Å². The Labute approximate surface area is 113 Å². The third kappa shape index (κ3) is 1.72. The van der Waals surface area contributed by atoms with E-state index in [1.807, 2.05) is 0 Å². The second-order valence-corrected chi connectivity index (χ2v) is 3.93. The van der Waals surface area contributed by atoms with Crippen LogP contribution in [-0.2, 0) is 6.98 Å². The minimum atomic E-state index is -2.33. The van der Waals surface area contributed by atoms with Crippen LogP contribution in [0.15, 0.2) is 30.9 Å². The van der Waals surface area contributed by atoms with Gasteiger partial charge in [0.2, 0.25) is 0 Å². The fourth-order valence-electron chi connectivity index (χ4n) is 1.95. The Bertz CT molecular complexity index is 887. The van der Waals surface area contributed by atoms with Gasteiger partial charge in [0.15, 0.2) is 0 Å². The lowest BCUT2D eigenvalue weighted by Crippen LogP contribution is -1.94. The third-order valence-electron chi connectivity index (χ3n) is 2.83. The first-order chi connectivity index (χ1) is 10.4. The second kappa shape index (κ2) is 4.14. The van der Waals surface area contributed by atoms with Crippen molar-refractivity contribution in [1.82, 2.24) is 19.4 Å². The van der Waals surface area contributed by atoms with Crippen LogP contribution in [0.4, 0.5) is 0 Å². The average molecular weight is 256 g/mol. The Morgan fingerprint density at radius 2 is 2.21 bits per heavy atom. The van der Waals surface area contributed by atoms with Gasteiger partial charge in [-0.3, -0.25) is 4.68 Å². The first-order valence-electron chi connectivity index (χ1n) is 6.95. The van der Waals surface area contributed by atoms with Gasteiger partial charge in [-0.1, -0.05) is 0 Å². The van der Waals surface area contributed by atoms with Crippen molar-refractivity contribution >= 4 is 5.52 Å². The van der Waals surface area contributed by atoms with Crippen molar-refractivity contribution in [1.29, 1.82) is 5.26 Å². The van der Waals surface area contributed by atoms with E-state index in [-0.39, 0.29) is 0 Å². The fraction of sp³-hybridized carbons (Fsp3) is 0.154. The highest BCUT2D eigenvalue weighted by molar-refractivity contribution is 5.74. The number of nitriles is 1. The Balaban J connectivity index is 2.16. The van der Waals surface area contributed by atoms with Gasteiger partial charge in [0.1, 0.15) is 22.9 Å². The molecule has 0 N–H and O–H groups in total. The highest BCUT2D eigenvalue weighted by Crippen LogP contribution is 2.29. The van der Waals surface area contributed by atoms with Gasteiger partial charge in [0.25, 0.3) is 0 Å². The summed E-state index contributed by atoms with van der Waals surface area (Å²) >= 11 is 0. The molecule has 0 aliphatic carbocycles. The molecule has 0 saturated heterocycles. The lowest BCUT2D eigenvalue weighted by Gasteiger charge is -2.06. The van der Waals surface area contributed by atoms with Crippen LogP contribution in [0.25, 0.3) is 16.6 Å². The maximum absolute atomic E-state index is 9.09. The van der Waals surface area contributed by atoms with Gasteiger partial charge in [-0.15, -0.1) is 0 Å². The molecule has 0 amide bonds. The molecule has 0 saturated carbocycles. The molecule has 3 rings (SSSR count). The SMILES string of the molecule is [2H]C([2H])([2H])n1cc(-c2cc(OC)c3c(C#N)cnn3c2)cn1. The van der Waals surface area contributed by atoms with Crippen LogP contribution in [0.2, 0.25) is 0 Å². The maximum atomic E-state index is 9.09. The van der Waals surface area contributed by atoms with Gasteiger partial charge in [-0.2, -0.15) is 15.5 Å². The monoisotopic (exact) mass is 256 g/mol. The van der Waals surface area contributed by atoms with Crippen LogP contribution in [0.3, 0.4) is 0 Å². The molecule has 0 spiro atoms. The summed E-state index contributed by atoms with van der Waals surface area (Å²) in [5.74, 6) is 0.480. The molecule has 0 unspecified atom stereocenters. The van der Waals surface area contributed by atoms with Gasteiger partial charge in [0.05, 0.1) is 19.5 Å². The molecule has 0 aliphatic rings. The Hall–Kier alpha value is -2.81. The number of rotatable bonds is 2. The molecule has 0 aliphatic heterocycles. The minimum absolute atomic E-state index is 0.404. The third-order valence-corrected chi connectivity index (χ3v) is 2.83. The second-order valence-electron chi connectivity index (χ2n) is 3.93. The summed E-state index contributed by atoms with van der Waals surface area (Å²) in [4.78, 5) is 0. The van der Waals surface area contributed by atoms with Gasteiger partial charge in [-0.25, -0.2) is 4.52 Å². The Morgan fingerprint density at radius 3 is 2.89 bits per heavy atom. The van der Waals surface area contributed by atoms with E-state index in [0.717, 1.165) is 4.68 Å². The quantitative estimate of drug-likeness (QED) is 0.698. The first kappa shape index (κ1) is 8.32. The highest BCUT2D eigenvalue weighted by Gasteiger charge is 2.12. The Morgan fingerprint density at radius 1 is 1.32 bits per heavy atom. The molecule has 3 aromatic heterocycles. The van der Waals surface area contributed by atoms with E-state index in [2.05, 4.69) is 16.3 Å². The largest absolute Gasteiger partial charge is 0.494 e. The molecule has 6 heteroatoms. The first-order valence-corrected chi connectivity index (χ1v) is 5.45. The van der Waals surface area contributed by atoms with Crippen molar-refractivity contribution in [2.45, 2.75) is 0 Å². The molecule has 3 heterocycles. The maximum Gasteiger partial charge on any atom is 0.146 e. The van der Waals surface area contributed by atoms with Crippen LogP contribution in [0.5, 0.6) is 5.75 Å². The van der Waals surface area contributed by atoms with Crippen LogP contribution >= 0.6 is 0 Å². The standard InChI is InChI=1S/C13H11N5O/c1-17-7-11(6-15-17)9-3-12(19-2)13-10(4-14)5-16-18(13)8-9/h3,5-8H,1-2H3/i1D3. The number of fused-ring (bicyclic) bond motifs is 1. The molecule has 0 aromatic carbocycles. The molecule has 0 bridgehead atoms. The molecule has 0 radical (unpaired) electrons. The number of nitrogens with zero attached hydrogens (tertiary/aromatic N) is 5. The summed E-state index contributed by atoms with van der Waals surface area (Å²) in [7, 11) is 1.50. The van der Waals surface area contributed by atoms with Gasteiger partial charge in [0, 0.05) is 34.6 Å². The van der Waals surface area contributed by atoms with Crippen LogP contribution in [0.1, 0.15) is 9.68 Å². The zero-order valence-electron chi connectivity index (χ0n) is 13.0. The molecule has 6 nitrogen and oxygen atoms in total. The number of pyridine rings is 1. The smallest absolute Gasteiger partial charge is 0.146 e. The number of hydrogen-bond donors (Lipinski definition) is 0.